The van der Waals surface area contributed by atoms with Gasteiger partial charge in [-0.15, -0.1) is 0 Å². The van der Waals surface area contributed by atoms with E-state index >= 15 is 4.39 Å². The molecule has 0 bridgehead atoms. The molecule has 0 radical (unpaired) electrons. The van der Waals surface area contributed by atoms with Gasteiger partial charge >= 0.3 is 5.69 Å². The van der Waals surface area contributed by atoms with Gasteiger partial charge in [-0.05, 0) is 75.7 Å². The number of nitrogens with zero attached hydrogens (tertiary/aromatic N) is 5. The number of benzene rings is 3. The predicted molar refractivity (Wildman–Crippen MR) is 178 cm³/mol. The van der Waals surface area contributed by atoms with E-state index in [0.717, 1.165) is 46.9 Å². The molecule has 0 atom stereocenters. The summed E-state index contributed by atoms with van der Waals surface area (Å²) in [5.41, 5.74) is -0.185. The highest BCUT2D eigenvalue weighted by atomic mass is 19.1. The summed E-state index contributed by atoms with van der Waals surface area (Å²) in [5, 5.41) is 7.09. The first kappa shape index (κ1) is 32.4. The molecule has 0 unspecified atom stereocenters. The number of carbonyl (C=O) groups is 1. The summed E-state index contributed by atoms with van der Waals surface area (Å²) >= 11 is 0. The number of rotatable bonds is 11. The van der Waals surface area contributed by atoms with Gasteiger partial charge in [0.05, 0.1) is 24.9 Å². The smallest absolute Gasteiger partial charge is 0.351 e. The van der Waals surface area contributed by atoms with Gasteiger partial charge in [0, 0.05) is 43.0 Å². The molecule has 1 amide bonds. The average Bonchev–Trinajstić information content (AvgIpc) is 3.61. The largest absolute Gasteiger partial charge is 0.493 e. The average molecular weight is 655 g/mol. The SMILES string of the molecule is COc1cc2c(Oc3ccc(NC(=O)c4nn(-c5ccc(C)cc5)c(=O)n(C)c4=O)cc3F)ccnc2cc1OCCCN1CCCC1. The van der Waals surface area contributed by atoms with Crippen LogP contribution in [0.15, 0.2) is 76.4 Å². The number of amides is 1. The Kier molecular flexibility index (Phi) is 9.48. The Morgan fingerprint density at radius 2 is 1.73 bits per heavy atom. The molecule has 48 heavy (non-hydrogen) atoms. The number of hydrogen-bond donors (Lipinski definition) is 1. The number of nitrogens with one attached hydrogen (secondary N) is 1. The van der Waals surface area contributed by atoms with Crippen molar-refractivity contribution in [2.24, 2.45) is 7.05 Å². The quantitative estimate of drug-likeness (QED) is 0.199. The van der Waals surface area contributed by atoms with Crippen molar-refractivity contribution in [2.75, 3.05) is 38.7 Å². The van der Waals surface area contributed by atoms with E-state index in [1.54, 1.807) is 55.8 Å². The lowest BCUT2D eigenvalue weighted by Gasteiger charge is -2.16. The third kappa shape index (κ3) is 6.91. The van der Waals surface area contributed by atoms with Crippen LogP contribution >= 0.6 is 0 Å². The lowest BCUT2D eigenvalue weighted by Crippen LogP contribution is -2.43. The molecule has 0 spiro atoms. The third-order valence-electron chi connectivity index (χ3n) is 8.14. The summed E-state index contributed by atoms with van der Waals surface area (Å²) in [7, 11) is 2.80. The van der Waals surface area contributed by atoms with Crippen LogP contribution in [-0.4, -0.2) is 63.5 Å². The van der Waals surface area contributed by atoms with Gasteiger partial charge in [-0.25, -0.2) is 9.18 Å². The molecule has 0 saturated carbocycles. The minimum Gasteiger partial charge on any atom is -0.493 e. The molecule has 5 aromatic rings. The van der Waals surface area contributed by atoms with E-state index in [1.807, 2.05) is 6.92 Å². The van der Waals surface area contributed by atoms with Gasteiger partial charge in [0.2, 0.25) is 5.69 Å². The molecule has 13 heteroatoms. The zero-order valence-electron chi connectivity index (χ0n) is 26.9. The summed E-state index contributed by atoms with van der Waals surface area (Å²) in [6, 6.07) is 15.8. The second kappa shape index (κ2) is 14.1. The Hall–Kier alpha value is -5.56. The fourth-order valence-electron chi connectivity index (χ4n) is 5.51. The first-order valence-electron chi connectivity index (χ1n) is 15.6. The maximum atomic E-state index is 15.3. The van der Waals surface area contributed by atoms with E-state index in [9.17, 15) is 14.4 Å². The predicted octanol–water partition coefficient (Wildman–Crippen LogP) is 4.84. The monoisotopic (exact) mass is 654 g/mol. The molecule has 3 heterocycles. The van der Waals surface area contributed by atoms with Gasteiger partial charge in [-0.1, -0.05) is 17.7 Å². The second-order valence-electron chi connectivity index (χ2n) is 11.5. The highest BCUT2D eigenvalue weighted by Crippen LogP contribution is 2.38. The Morgan fingerprint density at radius 1 is 0.958 bits per heavy atom. The van der Waals surface area contributed by atoms with E-state index in [4.69, 9.17) is 14.2 Å². The molecule has 1 fully saturated rings. The maximum Gasteiger partial charge on any atom is 0.351 e. The van der Waals surface area contributed by atoms with Gasteiger partial charge in [-0.3, -0.25) is 19.1 Å². The van der Waals surface area contributed by atoms with Crippen LogP contribution < -0.4 is 30.8 Å². The highest BCUT2D eigenvalue weighted by molar-refractivity contribution is 6.02. The number of fused-ring (bicyclic) bond motifs is 1. The zero-order chi connectivity index (χ0) is 33.8. The zero-order valence-corrected chi connectivity index (χ0v) is 26.9. The number of hydrogen-bond acceptors (Lipinski definition) is 9. The van der Waals surface area contributed by atoms with Crippen molar-refractivity contribution in [1.82, 2.24) is 24.2 Å². The van der Waals surface area contributed by atoms with E-state index in [-0.39, 0.29) is 11.4 Å². The van der Waals surface area contributed by atoms with Crippen LogP contribution in [0.4, 0.5) is 10.1 Å². The molecule has 1 aliphatic heterocycles. The molecule has 1 saturated heterocycles. The van der Waals surface area contributed by atoms with Crippen molar-refractivity contribution in [3.63, 3.8) is 0 Å². The Balaban J connectivity index is 1.18. The molecule has 0 aliphatic carbocycles. The Bertz CT molecular complexity index is 2090. The van der Waals surface area contributed by atoms with Crippen LogP contribution in [-0.2, 0) is 7.05 Å². The van der Waals surface area contributed by atoms with Gasteiger partial charge in [0.15, 0.2) is 23.1 Å². The van der Waals surface area contributed by atoms with Crippen LogP contribution in [0, 0.1) is 12.7 Å². The minimum absolute atomic E-state index is 0.0505. The van der Waals surface area contributed by atoms with E-state index < -0.39 is 28.7 Å². The van der Waals surface area contributed by atoms with Gasteiger partial charge in [-0.2, -0.15) is 9.78 Å². The standard InChI is InChI=1S/C35H35FN6O6/c1-22-7-10-24(11-8-22)42-35(45)40(2)34(44)32(39-42)33(43)38-23-9-12-29(26(36)19-23)48-28-13-14-37-27-21-31(30(46-3)20-25(27)28)47-18-6-17-41-15-4-5-16-41/h7-14,19-21H,4-6,15-18H2,1-3H3,(H,38,43). The minimum atomic E-state index is -0.911. The topological polar surface area (TPSA) is 130 Å². The van der Waals surface area contributed by atoms with Crippen molar-refractivity contribution >= 4 is 22.5 Å². The summed E-state index contributed by atoms with van der Waals surface area (Å²) in [4.78, 5) is 45.5. The molecule has 1 aliphatic rings. The van der Waals surface area contributed by atoms with Crippen molar-refractivity contribution in [3.05, 3.63) is 105 Å². The second-order valence-corrected chi connectivity index (χ2v) is 11.5. The molecular formula is C35H35FN6O6. The fourth-order valence-corrected chi connectivity index (χ4v) is 5.51. The summed E-state index contributed by atoms with van der Waals surface area (Å²) in [5.74, 6) is -0.405. The molecule has 3 aromatic carbocycles. The Morgan fingerprint density at radius 3 is 2.46 bits per heavy atom. The van der Waals surface area contributed by atoms with E-state index in [1.165, 1.54) is 32.0 Å². The van der Waals surface area contributed by atoms with Crippen LogP contribution in [0.1, 0.15) is 35.3 Å². The lowest BCUT2D eigenvalue weighted by atomic mass is 10.1. The van der Waals surface area contributed by atoms with E-state index in [0.29, 0.717) is 40.4 Å². The lowest BCUT2D eigenvalue weighted by molar-refractivity contribution is 0.101. The first-order chi connectivity index (χ1) is 23.2. The number of aromatic nitrogens is 4. The summed E-state index contributed by atoms with van der Waals surface area (Å²) in [6.45, 7) is 5.67. The molecule has 248 valence electrons. The van der Waals surface area contributed by atoms with Crippen LogP contribution in [0.2, 0.25) is 0 Å². The highest BCUT2D eigenvalue weighted by Gasteiger charge is 2.20. The molecule has 12 nitrogen and oxygen atoms in total. The molecule has 1 N–H and O–H groups in total. The fraction of sp³-hybridized carbons (Fsp3) is 0.286. The van der Waals surface area contributed by atoms with Crippen LogP contribution in [0.25, 0.3) is 16.6 Å². The van der Waals surface area contributed by atoms with Crippen LogP contribution in [0.3, 0.4) is 0 Å². The number of carbonyl (C=O) groups excluding carboxylic acids is 1. The normalized spacial score (nSPS) is 13.1. The number of aryl methyl sites for hydroxylation is 1. The number of ether oxygens (including phenoxy) is 3. The van der Waals surface area contributed by atoms with Gasteiger partial charge in [0.1, 0.15) is 5.75 Å². The maximum absolute atomic E-state index is 15.3. The van der Waals surface area contributed by atoms with Crippen molar-refractivity contribution in [2.45, 2.75) is 26.2 Å². The number of anilines is 1. The number of methoxy groups -OCH3 is 1. The number of likely N-dealkylation sites (tertiary alicyclic amines) is 1. The van der Waals surface area contributed by atoms with Gasteiger partial charge in [0.25, 0.3) is 11.5 Å². The first-order valence-corrected chi connectivity index (χ1v) is 15.6. The van der Waals surface area contributed by atoms with Crippen molar-refractivity contribution in [3.8, 4) is 28.7 Å². The van der Waals surface area contributed by atoms with Gasteiger partial charge < -0.3 is 24.4 Å². The number of pyridine rings is 1. The molecule has 6 rings (SSSR count). The third-order valence-corrected chi connectivity index (χ3v) is 8.14. The molecular weight excluding hydrogens is 619 g/mol. The molecule has 2 aromatic heterocycles. The summed E-state index contributed by atoms with van der Waals surface area (Å²) < 4.78 is 34.6. The van der Waals surface area contributed by atoms with E-state index in [2.05, 4.69) is 20.3 Å². The van der Waals surface area contributed by atoms with Crippen molar-refractivity contribution in [1.29, 1.82) is 0 Å². The van der Waals surface area contributed by atoms with Crippen molar-refractivity contribution < 1.29 is 23.4 Å². The summed E-state index contributed by atoms with van der Waals surface area (Å²) in [6.07, 6.45) is 4.93. The Labute approximate surface area is 275 Å². The number of halogens is 1. The van der Waals surface area contributed by atoms with Crippen LogP contribution in [0.5, 0.6) is 23.0 Å².